The van der Waals surface area contributed by atoms with Crippen LogP contribution in [0.5, 0.6) is 5.75 Å². The molecular formula is C13H19NO2. The number of hydrogen-bond acceptors (Lipinski definition) is 3. The molecule has 0 bridgehead atoms. The predicted octanol–water partition coefficient (Wildman–Crippen LogP) is 1.48. The van der Waals surface area contributed by atoms with E-state index >= 15 is 0 Å². The molecule has 0 radical (unpaired) electrons. The van der Waals surface area contributed by atoms with Crippen molar-refractivity contribution in [3.8, 4) is 5.75 Å². The van der Waals surface area contributed by atoms with Crippen LogP contribution in [0.25, 0.3) is 0 Å². The molecule has 3 nitrogen and oxygen atoms in total. The number of hydrogen-bond donors (Lipinski definition) is 1. The van der Waals surface area contributed by atoms with E-state index in [4.69, 9.17) is 4.74 Å². The summed E-state index contributed by atoms with van der Waals surface area (Å²) in [6.45, 7) is 1.88. The van der Waals surface area contributed by atoms with Crippen molar-refractivity contribution in [2.75, 3.05) is 27.2 Å². The van der Waals surface area contributed by atoms with Crippen LogP contribution >= 0.6 is 0 Å². The lowest BCUT2D eigenvalue weighted by Gasteiger charge is -2.34. The quantitative estimate of drug-likeness (QED) is 0.821. The monoisotopic (exact) mass is 221 g/mol. The Morgan fingerprint density at radius 2 is 2.25 bits per heavy atom. The molecule has 0 unspecified atom stereocenters. The van der Waals surface area contributed by atoms with Crippen molar-refractivity contribution in [3.05, 3.63) is 29.8 Å². The third-order valence-corrected chi connectivity index (χ3v) is 3.30. The van der Waals surface area contributed by atoms with Crippen molar-refractivity contribution in [2.45, 2.75) is 18.4 Å². The second-order valence-electron chi connectivity index (χ2n) is 4.50. The molecule has 1 aliphatic heterocycles. The molecule has 2 rings (SSSR count). The highest BCUT2D eigenvalue weighted by molar-refractivity contribution is 5.32. The molecule has 0 aromatic heterocycles. The molecule has 1 aromatic rings. The van der Waals surface area contributed by atoms with Gasteiger partial charge in [-0.1, -0.05) is 12.1 Å². The maximum absolute atomic E-state index is 10.0. The largest absolute Gasteiger partial charge is 0.497 e. The van der Waals surface area contributed by atoms with E-state index in [0.717, 1.165) is 25.3 Å². The smallest absolute Gasteiger partial charge is 0.119 e. The van der Waals surface area contributed by atoms with Crippen molar-refractivity contribution < 1.29 is 9.84 Å². The summed E-state index contributed by atoms with van der Waals surface area (Å²) in [5.74, 6) is 1.06. The Kier molecular flexibility index (Phi) is 3.46. The third kappa shape index (κ3) is 2.36. The normalized spacial score (nSPS) is 26.7. The number of benzene rings is 1. The molecular weight excluding hydrogens is 202 g/mol. The van der Waals surface area contributed by atoms with E-state index in [0.29, 0.717) is 0 Å². The molecule has 1 N–H and O–H groups in total. The molecule has 1 aliphatic rings. The fourth-order valence-corrected chi connectivity index (χ4v) is 2.30. The van der Waals surface area contributed by atoms with Gasteiger partial charge in [0.05, 0.1) is 13.2 Å². The zero-order valence-corrected chi connectivity index (χ0v) is 9.89. The summed E-state index contributed by atoms with van der Waals surface area (Å²) >= 11 is 0. The molecule has 3 heteroatoms. The number of rotatable bonds is 2. The van der Waals surface area contributed by atoms with E-state index < -0.39 is 0 Å². The molecule has 0 amide bonds. The number of likely N-dealkylation sites (tertiary alicyclic amines) is 1. The maximum Gasteiger partial charge on any atom is 0.119 e. The maximum atomic E-state index is 10.0. The van der Waals surface area contributed by atoms with E-state index in [-0.39, 0.29) is 12.0 Å². The number of nitrogens with zero attached hydrogens (tertiary/aromatic N) is 1. The lowest BCUT2D eigenvalue weighted by Crippen LogP contribution is -2.39. The standard InChI is InChI=1S/C13H19NO2/c1-14-7-6-13(15)12(9-14)10-4-3-5-11(8-10)16-2/h3-5,8,12-13,15H,6-7,9H2,1-2H3/t12-,13+/m0/s1. The lowest BCUT2D eigenvalue weighted by molar-refractivity contribution is 0.0708. The highest BCUT2D eigenvalue weighted by Gasteiger charge is 2.27. The van der Waals surface area contributed by atoms with Gasteiger partial charge < -0.3 is 14.7 Å². The second kappa shape index (κ2) is 4.85. The predicted molar refractivity (Wildman–Crippen MR) is 63.9 cm³/mol. The van der Waals surface area contributed by atoms with Crippen LogP contribution in [0.2, 0.25) is 0 Å². The summed E-state index contributed by atoms with van der Waals surface area (Å²) in [5, 5.41) is 10.0. The number of ether oxygens (including phenoxy) is 1. The van der Waals surface area contributed by atoms with Gasteiger partial charge in [0.25, 0.3) is 0 Å². The van der Waals surface area contributed by atoms with E-state index in [1.54, 1.807) is 7.11 Å². The molecule has 1 saturated heterocycles. The highest BCUT2D eigenvalue weighted by atomic mass is 16.5. The van der Waals surface area contributed by atoms with Gasteiger partial charge in [-0.3, -0.25) is 0 Å². The molecule has 0 spiro atoms. The Balaban J connectivity index is 2.20. The van der Waals surface area contributed by atoms with Crippen LogP contribution < -0.4 is 4.74 Å². The number of aliphatic hydroxyl groups is 1. The molecule has 2 atom stereocenters. The van der Waals surface area contributed by atoms with Gasteiger partial charge in [0.1, 0.15) is 5.75 Å². The van der Waals surface area contributed by atoms with Crippen LogP contribution in [-0.4, -0.2) is 43.4 Å². The number of methoxy groups -OCH3 is 1. The van der Waals surface area contributed by atoms with E-state index in [1.165, 1.54) is 5.56 Å². The minimum absolute atomic E-state index is 0.203. The summed E-state index contributed by atoms with van der Waals surface area (Å²) in [4.78, 5) is 2.26. The van der Waals surface area contributed by atoms with Crippen molar-refractivity contribution in [3.63, 3.8) is 0 Å². The SMILES string of the molecule is COc1cccc([C@@H]2CN(C)CC[C@H]2O)c1. The Morgan fingerprint density at radius 1 is 1.44 bits per heavy atom. The van der Waals surface area contributed by atoms with E-state index in [1.807, 2.05) is 18.2 Å². The molecule has 1 aromatic carbocycles. The topological polar surface area (TPSA) is 32.7 Å². The van der Waals surface area contributed by atoms with Gasteiger partial charge in [-0.25, -0.2) is 0 Å². The number of piperidine rings is 1. The van der Waals surface area contributed by atoms with Crippen LogP contribution in [0.1, 0.15) is 17.9 Å². The average Bonchev–Trinajstić information content (AvgIpc) is 2.32. The Hall–Kier alpha value is -1.06. The van der Waals surface area contributed by atoms with Gasteiger partial charge in [-0.15, -0.1) is 0 Å². The van der Waals surface area contributed by atoms with Crippen LogP contribution in [-0.2, 0) is 0 Å². The summed E-state index contributed by atoms with van der Waals surface area (Å²) in [5.41, 5.74) is 1.17. The highest BCUT2D eigenvalue weighted by Crippen LogP contribution is 2.28. The Bertz CT molecular complexity index is 354. The van der Waals surface area contributed by atoms with Crippen LogP contribution in [0.4, 0.5) is 0 Å². The first-order valence-electron chi connectivity index (χ1n) is 5.71. The molecule has 16 heavy (non-hydrogen) atoms. The van der Waals surface area contributed by atoms with Gasteiger partial charge in [-0.05, 0) is 31.2 Å². The van der Waals surface area contributed by atoms with Gasteiger partial charge in [0, 0.05) is 19.0 Å². The van der Waals surface area contributed by atoms with E-state index in [9.17, 15) is 5.11 Å². The first-order chi connectivity index (χ1) is 7.70. The van der Waals surface area contributed by atoms with Crippen molar-refractivity contribution in [2.24, 2.45) is 0 Å². The number of aliphatic hydroxyl groups excluding tert-OH is 1. The zero-order valence-electron chi connectivity index (χ0n) is 9.89. The first-order valence-corrected chi connectivity index (χ1v) is 5.71. The number of likely N-dealkylation sites (N-methyl/N-ethyl adjacent to an activating group) is 1. The third-order valence-electron chi connectivity index (χ3n) is 3.30. The first kappa shape index (κ1) is 11.4. The van der Waals surface area contributed by atoms with Gasteiger partial charge in [0.15, 0.2) is 0 Å². The van der Waals surface area contributed by atoms with Crippen LogP contribution in [0.3, 0.4) is 0 Å². The van der Waals surface area contributed by atoms with Crippen molar-refractivity contribution in [1.82, 2.24) is 4.90 Å². The molecule has 1 fully saturated rings. The Labute approximate surface area is 96.6 Å². The summed E-state index contributed by atoms with van der Waals surface area (Å²) < 4.78 is 5.21. The van der Waals surface area contributed by atoms with E-state index in [2.05, 4.69) is 18.0 Å². The lowest BCUT2D eigenvalue weighted by atomic mass is 9.88. The van der Waals surface area contributed by atoms with Crippen LogP contribution in [0, 0.1) is 0 Å². The van der Waals surface area contributed by atoms with Crippen LogP contribution in [0.15, 0.2) is 24.3 Å². The summed E-state index contributed by atoms with van der Waals surface area (Å²) in [7, 11) is 3.77. The van der Waals surface area contributed by atoms with Gasteiger partial charge >= 0.3 is 0 Å². The second-order valence-corrected chi connectivity index (χ2v) is 4.50. The van der Waals surface area contributed by atoms with Gasteiger partial charge in [0.2, 0.25) is 0 Å². The molecule has 0 aliphatic carbocycles. The molecule has 0 saturated carbocycles. The average molecular weight is 221 g/mol. The molecule has 1 heterocycles. The van der Waals surface area contributed by atoms with Crippen molar-refractivity contribution >= 4 is 0 Å². The minimum atomic E-state index is -0.233. The fraction of sp³-hybridized carbons (Fsp3) is 0.538. The minimum Gasteiger partial charge on any atom is -0.497 e. The van der Waals surface area contributed by atoms with Crippen molar-refractivity contribution in [1.29, 1.82) is 0 Å². The molecule has 88 valence electrons. The summed E-state index contributed by atoms with van der Waals surface area (Å²) in [6.07, 6.45) is 0.613. The fourth-order valence-electron chi connectivity index (χ4n) is 2.30. The van der Waals surface area contributed by atoms with Gasteiger partial charge in [-0.2, -0.15) is 0 Å². The summed E-state index contributed by atoms with van der Waals surface area (Å²) in [6, 6.07) is 8.00. The Morgan fingerprint density at radius 3 is 3.00 bits per heavy atom. The zero-order chi connectivity index (χ0) is 11.5.